The summed E-state index contributed by atoms with van der Waals surface area (Å²) in [5.74, 6) is 0. The van der Waals surface area contributed by atoms with E-state index in [0.717, 1.165) is 27.1 Å². The predicted octanol–water partition coefficient (Wildman–Crippen LogP) is 7.67. The molecule has 3 aromatic carbocycles. The second-order valence-corrected chi connectivity index (χ2v) is 11.8. The zero-order valence-corrected chi connectivity index (χ0v) is 19.1. The largest absolute Gasteiger partial charge is 0.416 e. The van der Waals surface area contributed by atoms with Crippen LogP contribution < -0.4 is 10.6 Å². The molecule has 1 aliphatic heterocycles. The van der Waals surface area contributed by atoms with E-state index >= 15 is 0 Å². The van der Waals surface area contributed by atoms with Crippen molar-refractivity contribution >= 4 is 51.9 Å². The smallest absolute Gasteiger partial charge is 0.141 e. The van der Waals surface area contributed by atoms with Gasteiger partial charge in [0.2, 0.25) is 10.6 Å². The van der Waals surface area contributed by atoms with Gasteiger partial charge in [-0.05, 0) is 72.3 Å². The SMILES string of the molecule is Cc1ccc(-c2ccc3c(c2)[P+](=O)c2cccc4c(-c5ccc(C)s5)ccc-3c24)s1. The first-order valence-corrected chi connectivity index (χ1v) is 12.8. The first kappa shape index (κ1) is 18.2. The van der Waals surface area contributed by atoms with Crippen molar-refractivity contribution in [2.24, 2.45) is 0 Å². The molecule has 1 nitrogen and oxygen atoms in total. The van der Waals surface area contributed by atoms with Gasteiger partial charge in [0.1, 0.15) is 0 Å². The highest BCUT2D eigenvalue weighted by molar-refractivity contribution is 7.62. The number of fused-ring (bicyclic) bond motifs is 2. The lowest BCUT2D eigenvalue weighted by Crippen LogP contribution is -2.16. The molecule has 3 heterocycles. The molecule has 0 saturated carbocycles. The van der Waals surface area contributed by atoms with Crippen LogP contribution in [-0.2, 0) is 4.57 Å². The Kier molecular flexibility index (Phi) is 4.08. The summed E-state index contributed by atoms with van der Waals surface area (Å²) in [6.07, 6.45) is 0. The van der Waals surface area contributed by atoms with Gasteiger partial charge in [-0.25, -0.2) is 0 Å². The van der Waals surface area contributed by atoms with Gasteiger partial charge in [-0.1, -0.05) is 34.9 Å². The summed E-state index contributed by atoms with van der Waals surface area (Å²) < 4.78 is 13.7. The Morgan fingerprint density at radius 3 is 2.10 bits per heavy atom. The van der Waals surface area contributed by atoms with Crippen LogP contribution >= 0.6 is 30.5 Å². The van der Waals surface area contributed by atoms with Crippen molar-refractivity contribution in [2.75, 3.05) is 0 Å². The fourth-order valence-corrected chi connectivity index (χ4v) is 7.74. The third kappa shape index (κ3) is 2.66. The normalized spacial score (nSPS) is 13.6. The zero-order valence-electron chi connectivity index (χ0n) is 16.6. The second kappa shape index (κ2) is 6.72. The van der Waals surface area contributed by atoms with Gasteiger partial charge in [0.05, 0.1) is 0 Å². The molecule has 0 N–H and O–H groups in total. The van der Waals surface area contributed by atoms with Gasteiger partial charge < -0.3 is 0 Å². The van der Waals surface area contributed by atoms with Gasteiger partial charge in [0.25, 0.3) is 0 Å². The Morgan fingerprint density at radius 2 is 1.37 bits per heavy atom. The van der Waals surface area contributed by atoms with Crippen molar-refractivity contribution in [3.63, 3.8) is 0 Å². The molecule has 1 unspecified atom stereocenters. The van der Waals surface area contributed by atoms with Gasteiger partial charge in [-0.2, -0.15) is 0 Å². The molecule has 0 amide bonds. The van der Waals surface area contributed by atoms with Crippen molar-refractivity contribution in [3.05, 3.63) is 82.6 Å². The molecule has 5 aromatic rings. The molecule has 1 atom stereocenters. The minimum absolute atomic E-state index is 0.952. The van der Waals surface area contributed by atoms with Crippen LogP contribution in [-0.4, -0.2) is 0 Å². The average Bonchev–Trinajstić information content (AvgIpc) is 3.39. The Labute approximate surface area is 184 Å². The van der Waals surface area contributed by atoms with Crippen molar-refractivity contribution in [1.82, 2.24) is 0 Å². The first-order chi connectivity index (χ1) is 14.6. The Hall–Kier alpha value is -2.58. The van der Waals surface area contributed by atoms with Gasteiger partial charge in [0, 0.05) is 36.5 Å². The van der Waals surface area contributed by atoms with E-state index < -0.39 is 7.80 Å². The molecule has 0 radical (unpaired) electrons. The quantitative estimate of drug-likeness (QED) is 0.252. The van der Waals surface area contributed by atoms with Crippen LogP contribution in [0.2, 0.25) is 0 Å². The van der Waals surface area contributed by atoms with E-state index in [2.05, 4.69) is 80.6 Å². The average molecular weight is 442 g/mol. The summed E-state index contributed by atoms with van der Waals surface area (Å²) >= 11 is 3.59. The molecule has 30 heavy (non-hydrogen) atoms. The van der Waals surface area contributed by atoms with Crippen LogP contribution in [0.1, 0.15) is 9.75 Å². The molecule has 0 fully saturated rings. The Morgan fingerprint density at radius 1 is 0.667 bits per heavy atom. The minimum atomic E-state index is -1.63. The lowest BCUT2D eigenvalue weighted by molar-refractivity contribution is 0.598. The van der Waals surface area contributed by atoms with Crippen LogP contribution in [0.25, 0.3) is 42.8 Å². The Balaban J connectivity index is 1.61. The number of hydrogen-bond acceptors (Lipinski definition) is 3. The van der Waals surface area contributed by atoms with Crippen LogP contribution in [0.3, 0.4) is 0 Å². The van der Waals surface area contributed by atoms with E-state index in [4.69, 9.17) is 0 Å². The van der Waals surface area contributed by atoms with E-state index in [0.29, 0.717) is 0 Å². The predicted molar refractivity (Wildman–Crippen MR) is 132 cm³/mol. The van der Waals surface area contributed by atoms with Gasteiger partial charge >= 0.3 is 7.80 Å². The summed E-state index contributed by atoms with van der Waals surface area (Å²) in [6.45, 7) is 4.26. The molecule has 0 spiro atoms. The summed E-state index contributed by atoms with van der Waals surface area (Å²) in [4.78, 5) is 5.09. The number of hydrogen-bond donors (Lipinski definition) is 0. The van der Waals surface area contributed by atoms with Crippen molar-refractivity contribution in [3.8, 4) is 32.0 Å². The molecule has 6 rings (SSSR count). The summed E-state index contributed by atoms with van der Waals surface area (Å²) in [7, 11) is -1.63. The molecule has 2 aromatic heterocycles. The van der Waals surface area contributed by atoms with Gasteiger partial charge in [-0.15, -0.1) is 22.7 Å². The van der Waals surface area contributed by atoms with E-state index in [-0.39, 0.29) is 0 Å². The molecule has 144 valence electrons. The van der Waals surface area contributed by atoms with Gasteiger partial charge in [-0.3, -0.25) is 0 Å². The highest BCUT2D eigenvalue weighted by Crippen LogP contribution is 2.44. The van der Waals surface area contributed by atoms with E-state index in [1.165, 1.54) is 36.0 Å². The molecular formula is C26H18OPS2+. The third-order valence-corrected chi connectivity index (χ3v) is 9.48. The zero-order chi connectivity index (χ0) is 20.4. The summed E-state index contributed by atoms with van der Waals surface area (Å²) in [5, 5.41) is 4.25. The topological polar surface area (TPSA) is 17.1 Å². The molecule has 0 saturated heterocycles. The van der Waals surface area contributed by atoms with Crippen LogP contribution in [0.5, 0.6) is 0 Å². The molecule has 0 bridgehead atoms. The lowest BCUT2D eigenvalue weighted by Gasteiger charge is -2.16. The minimum Gasteiger partial charge on any atom is -0.141 e. The first-order valence-electron chi connectivity index (χ1n) is 9.91. The highest BCUT2D eigenvalue weighted by atomic mass is 32.1. The fourth-order valence-electron chi connectivity index (χ4n) is 4.38. The van der Waals surface area contributed by atoms with Crippen LogP contribution in [0.15, 0.2) is 72.8 Å². The van der Waals surface area contributed by atoms with E-state index in [1.807, 2.05) is 17.4 Å². The number of aryl methyl sites for hydroxylation is 2. The fraction of sp³-hybridized carbons (Fsp3) is 0.0769. The second-order valence-electron chi connectivity index (χ2n) is 7.71. The van der Waals surface area contributed by atoms with Crippen molar-refractivity contribution in [2.45, 2.75) is 13.8 Å². The number of thiophene rings is 2. The monoisotopic (exact) mass is 441 g/mol. The lowest BCUT2D eigenvalue weighted by atomic mass is 9.93. The molecule has 1 aliphatic rings. The third-order valence-electron chi connectivity index (χ3n) is 5.77. The number of rotatable bonds is 2. The van der Waals surface area contributed by atoms with Gasteiger partial charge in [0.15, 0.2) is 0 Å². The molecular weight excluding hydrogens is 423 g/mol. The van der Waals surface area contributed by atoms with Crippen molar-refractivity contribution in [1.29, 1.82) is 0 Å². The van der Waals surface area contributed by atoms with E-state index in [1.54, 1.807) is 11.3 Å². The van der Waals surface area contributed by atoms with Crippen LogP contribution in [0.4, 0.5) is 0 Å². The summed E-state index contributed by atoms with van der Waals surface area (Å²) in [6, 6.07) is 25.8. The summed E-state index contributed by atoms with van der Waals surface area (Å²) in [5.41, 5.74) is 4.67. The van der Waals surface area contributed by atoms with E-state index in [9.17, 15) is 4.57 Å². The maximum atomic E-state index is 13.7. The standard InChI is InChI=1S/C26H18OPS2/c1-15-6-12-24(29-15)17-8-9-18-21-11-10-19(25-13-7-16(2)30-25)20-4-3-5-22(26(20)21)28(27)23(18)14-17/h3-14H,1-2H3/q+1. The maximum Gasteiger partial charge on any atom is 0.416 e. The van der Waals surface area contributed by atoms with Crippen molar-refractivity contribution < 1.29 is 4.57 Å². The highest BCUT2D eigenvalue weighted by Gasteiger charge is 2.36. The Bertz CT molecular complexity index is 1490. The maximum absolute atomic E-state index is 13.7. The molecule has 4 heteroatoms. The van der Waals surface area contributed by atoms with Crippen LogP contribution in [0, 0.1) is 13.8 Å². The molecule has 0 aliphatic carbocycles. The number of benzene rings is 3.